The molecular formula is C28H30N2O3. The van der Waals surface area contributed by atoms with E-state index in [0.29, 0.717) is 0 Å². The number of carbonyl (C=O) groups is 1. The van der Waals surface area contributed by atoms with Gasteiger partial charge in [0.25, 0.3) is 0 Å². The summed E-state index contributed by atoms with van der Waals surface area (Å²) in [4.78, 5) is 18.6. The molecule has 1 saturated heterocycles. The number of hydrogen-bond acceptors (Lipinski definition) is 4. The molecule has 0 radical (unpaired) electrons. The Morgan fingerprint density at radius 3 is 2.12 bits per heavy atom. The monoisotopic (exact) mass is 442 g/mol. The molecule has 5 heteroatoms. The molecule has 0 aromatic heterocycles. The molecule has 3 aromatic rings. The van der Waals surface area contributed by atoms with E-state index < -0.39 is 5.92 Å². The van der Waals surface area contributed by atoms with Crippen LogP contribution in [0.5, 0.6) is 17.2 Å². The van der Waals surface area contributed by atoms with Crippen LogP contribution in [0, 0.1) is 0 Å². The third-order valence-corrected chi connectivity index (χ3v) is 6.87. The minimum absolute atomic E-state index is 0.0522. The molecule has 0 bridgehead atoms. The maximum absolute atomic E-state index is 14.2. The number of likely N-dealkylation sites (tertiary alicyclic amines) is 1. The zero-order valence-electron chi connectivity index (χ0n) is 19.2. The number of fused-ring (bicyclic) bond motifs is 2. The minimum atomic E-state index is -0.393. The van der Waals surface area contributed by atoms with Gasteiger partial charge in [-0.1, -0.05) is 48.5 Å². The highest BCUT2D eigenvalue weighted by molar-refractivity contribution is 5.90. The number of nitrogens with zero attached hydrogens (tertiary/aromatic N) is 2. The minimum Gasteiger partial charge on any atom is -0.497 e. The molecule has 3 aromatic carbocycles. The zero-order valence-corrected chi connectivity index (χ0v) is 19.2. The van der Waals surface area contributed by atoms with Gasteiger partial charge in [0.05, 0.1) is 19.1 Å². The molecule has 0 saturated carbocycles. The van der Waals surface area contributed by atoms with E-state index >= 15 is 0 Å². The number of carbonyl (C=O) groups excluding carboxylic acids is 1. The largest absolute Gasteiger partial charge is 0.497 e. The lowest BCUT2D eigenvalue weighted by Crippen LogP contribution is -2.41. The number of methoxy groups -OCH3 is 1. The van der Waals surface area contributed by atoms with E-state index in [0.717, 1.165) is 53.6 Å². The molecule has 0 unspecified atom stereocenters. The van der Waals surface area contributed by atoms with Crippen LogP contribution in [-0.4, -0.2) is 49.5 Å². The van der Waals surface area contributed by atoms with Crippen LogP contribution in [0.15, 0.2) is 72.8 Å². The van der Waals surface area contributed by atoms with Crippen molar-refractivity contribution >= 4 is 5.91 Å². The van der Waals surface area contributed by atoms with Crippen molar-refractivity contribution in [3.05, 3.63) is 89.5 Å². The van der Waals surface area contributed by atoms with Crippen molar-refractivity contribution in [3.63, 3.8) is 0 Å². The SMILES string of the molecule is COc1ccc([C@@H](CN2CCCC2)N(C)C(=O)C2c3ccccc3Oc3ccccc32)cc1. The number of benzene rings is 3. The second kappa shape index (κ2) is 9.28. The molecule has 33 heavy (non-hydrogen) atoms. The molecule has 5 rings (SSSR count). The van der Waals surface area contributed by atoms with Crippen LogP contribution in [0.25, 0.3) is 0 Å². The number of hydrogen-bond donors (Lipinski definition) is 0. The quantitative estimate of drug-likeness (QED) is 0.524. The summed E-state index contributed by atoms with van der Waals surface area (Å²) >= 11 is 0. The lowest BCUT2D eigenvalue weighted by molar-refractivity contribution is -0.133. The number of likely N-dealkylation sites (N-methyl/N-ethyl adjacent to an activating group) is 1. The van der Waals surface area contributed by atoms with E-state index in [1.165, 1.54) is 12.8 Å². The first-order chi connectivity index (χ1) is 16.2. The Labute approximate surface area is 195 Å². The van der Waals surface area contributed by atoms with Crippen LogP contribution in [0.4, 0.5) is 0 Å². The van der Waals surface area contributed by atoms with Crippen molar-refractivity contribution in [1.29, 1.82) is 0 Å². The zero-order chi connectivity index (χ0) is 22.8. The van der Waals surface area contributed by atoms with E-state index in [2.05, 4.69) is 17.0 Å². The van der Waals surface area contributed by atoms with Gasteiger partial charge in [-0.25, -0.2) is 0 Å². The van der Waals surface area contributed by atoms with Crippen LogP contribution in [0.3, 0.4) is 0 Å². The summed E-state index contributed by atoms with van der Waals surface area (Å²) < 4.78 is 11.5. The second-order valence-electron chi connectivity index (χ2n) is 8.86. The molecule has 1 atom stereocenters. The molecule has 170 valence electrons. The lowest BCUT2D eigenvalue weighted by atomic mass is 9.86. The van der Waals surface area contributed by atoms with E-state index in [4.69, 9.17) is 9.47 Å². The molecule has 5 nitrogen and oxygen atoms in total. The van der Waals surface area contributed by atoms with Gasteiger partial charge < -0.3 is 19.3 Å². The molecule has 0 aliphatic carbocycles. The van der Waals surface area contributed by atoms with Gasteiger partial charge in [-0.3, -0.25) is 4.79 Å². The van der Waals surface area contributed by atoms with Gasteiger partial charge in [0, 0.05) is 24.7 Å². The standard InChI is InChI=1S/C28H30N2O3/c1-29(24(19-30-17-7-8-18-30)20-13-15-21(32-2)16-14-20)28(31)27-22-9-3-5-11-25(22)33-26-12-6-4-10-23(26)27/h3-6,9-16,24,27H,7-8,17-19H2,1-2H3/t24-/m1/s1. The summed E-state index contributed by atoms with van der Waals surface area (Å²) in [6.45, 7) is 2.98. The van der Waals surface area contributed by atoms with Crippen molar-refractivity contribution in [1.82, 2.24) is 9.80 Å². The fraction of sp³-hybridized carbons (Fsp3) is 0.321. The average Bonchev–Trinajstić information content (AvgIpc) is 3.38. The Morgan fingerprint density at radius 1 is 0.970 bits per heavy atom. The van der Waals surface area contributed by atoms with Crippen molar-refractivity contribution in [3.8, 4) is 17.2 Å². The van der Waals surface area contributed by atoms with E-state index in [-0.39, 0.29) is 11.9 Å². The lowest BCUT2D eigenvalue weighted by Gasteiger charge is -2.36. The Bertz CT molecular complexity index is 1080. The van der Waals surface area contributed by atoms with E-state index in [1.807, 2.05) is 72.6 Å². The van der Waals surface area contributed by atoms with Crippen LogP contribution in [0.2, 0.25) is 0 Å². The summed E-state index contributed by atoms with van der Waals surface area (Å²) in [6, 6.07) is 23.8. The molecule has 2 aliphatic heterocycles. The van der Waals surface area contributed by atoms with Gasteiger partial charge in [-0.15, -0.1) is 0 Å². The van der Waals surface area contributed by atoms with Crippen LogP contribution in [0.1, 0.15) is 41.5 Å². The number of ether oxygens (including phenoxy) is 2. The molecule has 0 spiro atoms. The smallest absolute Gasteiger partial charge is 0.235 e. The Morgan fingerprint density at radius 2 is 1.55 bits per heavy atom. The average molecular weight is 443 g/mol. The molecule has 1 fully saturated rings. The van der Waals surface area contributed by atoms with Crippen molar-refractivity contribution < 1.29 is 14.3 Å². The molecule has 2 aliphatic rings. The highest BCUT2D eigenvalue weighted by Crippen LogP contribution is 2.45. The number of para-hydroxylation sites is 2. The van der Waals surface area contributed by atoms with E-state index in [1.54, 1.807) is 7.11 Å². The van der Waals surface area contributed by atoms with Gasteiger partial charge in [0.1, 0.15) is 17.2 Å². The summed E-state index contributed by atoms with van der Waals surface area (Å²) in [6.07, 6.45) is 2.43. The van der Waals surface area contributed by atoms with Crippen LogP contribution < -0.4 is 9.47 Å². The first kappa shape index (κ1) is 21.5. The first-order valence-electron chi connectivity index (χ1n) is 11.6. The topological polar surface area (TPSA) is 42.0 Å². The highest BCUT2D eigenvalue weighted by Gasteiger charge is 2.37. The maximum atomic E-state index is 14.2. The van der Waals surface area contributed by atoms with Crippen molar-refractivity contribution in [2.45, 2.75) is 24.8 Å². The molecule has 0 N–H and O–H groups in total. The third kappa shape index (κ3) is 4.21. The molecule has 2 heterocycles. The normalized spacial score (nSPS) is 16.4. The van der Waals surface area contributed by atoms with E-state index in [9.17, 15) is 4.79 Å². The predicted molar refractivity (Wildman–Crippen MR) is 129 cm³/mol. The third-order valence-electron chi connectivity index (χ3n) is 6.87. The Kier molecular flexibility index (Phi) is 6.05. The summed E-state index contributed by atoms with van der Waals surface area (Å²) in [5.41, 5.74) is 2.96. The van der Waals surface area contributed by atoms with Gasteiger partial charge in [0.15, 0.2) is 0 Å². The van der Waals surface area contributed by atoms with Crippen LogP contribution in [-0.2, 0) is 4.79 Å². The molecule has 1 amide bonds. The van der Waals surface area contributed by atoms with Crippen LogP contribution >= 0.6 is 0 Å². The van der Waals surface area contributed by atoms with Gasteiger partial charge in [-0.05, 0) is 55.8 Å². The highest BCUT2D eigenvalue weighted by atomic mass is 16.5. The van der Waals surface area contributed by atoms with Gasteiger partial charge in [0.2, 0.25) is 5.91 Å². The predicted octanol–water partition coefficient (Wildman–Crippen LogP) is 5.23. The second-order valence-corrected chi connectivity index (χ2v) is 8.86. The summed E-state index contributed by atoms with van der Waals surface area (Å²) in [7, 11) is 3.61. The van der Waals surface area contributed by atoms with Crippen molar-refractivity contribution in [2.75, 3.05) is 33.8 Å². The van der Waals surface area contributed by atoms with Gasteiger partial charge >= 0.3 is 0 Å². The number of amides is 1. The number of rotatable bonds is 6. The van der Waals surface area contributed by atoms with Crippen molar-refractivity contribution in [2.24, 2.45) is 0 Å². The summed E-state index contributed by atoms with van der Waals surface area (Å²) in [5, 5.41) is 0. The fourth-order valence-electron chi connectivity index (χ4n) is 5.02. The Balaban J connectivity index is 1.51. The Hall–Kier alpha value is -3.31. The fourth-order valence-corrected chi connectivity index (χ4v) is 5.02. The first-order valence-corrected chi connectivity index (χ1v) is 11.6. The summed E-state index contributed by atoms with van der Waals surface area (Å²) in [5.74, 6) is 2.01. The van der Waals surface area contributed by atoms with Gasteiger partial charge in [-0.2, -0.15) is 0 Å². The molecular weight excluding hydrogens is 412 g/mol. The maximum Gasteiger partial charge on any atom is 0.235 e.